The standard InChI is InChI=1S/C15H19N3O3/c1-21-9-4-5-10(12(16)7-9)15(20)18-6-2-3-11-13(18)8-17-14(11)19/h4-5,7,11,13H,2-3,6,8,16H2,1H3,(H,17,19). The number of ether oxygens (including phenoxy) is 1. The Morgan fingerprint density at radius 1 is 1.48 bits per heavy atom. The highest BCUT2D eigenvalue weighted by Gasteiger charge is 2.42. The summed E-state index contributed by atoms with van der Waals surface area (Å²) in [7, 11) is 1.56. The first-order valence-electron chi connectivity index (χ1n) is 7.14. The van der Waals surface area contributed by atoms with Crippen LogP contribution in [0.15, 0.2) is 18.2 Å². The number of hydrogen-bond donors (Lipinski definition) is 2. The Labute approximate surface area is 123 Å². The maximum absolute atomic E-state index is 12.7. The van der Waals surface area contributed by atoms with E-state index in [1.807, 2.05) is 0 Å². The molecular weight excluding hydrogens is 270 g/mol. The molecule has 6 heteroatoms. The topological polar surface area (TPSA) is 84.7 Å². The molecule has 2 amide bonds. The van der Waals surface area contributed by atoms with Crippen molar-refractivity contribution in [3.8, 4) is 5.75 Å². The number of carbonyl (C=O) groups is 2. The van der Waals surface area contributed by atoms with Crippen molar-refractivity contribution in [2.24, 2.45) is 5.92 Å². The van der Waals surface area contributed by atoms with Crippen molar-refractivity contribution in [2.45, 2.75) is 18.9 Å². The molecule has 2 fully saturated rings. The van der Waals surface area contributed by atoms with Crippen LogP contribution in [0.2, 0.25) is 0 Å². The van der Waals surface area contributed by atoms with Crippen LogP contribution in [-0.2, 0) is 4.79 Å². The Hall–Kier alpha value is -2.24. The smallest absolute Gasteiger partial charge is 0.256 e. The Bertz CT molecular complexity index is 588. The number of fused-ring (bicyclic) bond motifs is 1. The zero-order valence-electron chi connectivity index (χ0n) is 12.0. The minimum atomic E-state index is -0.110. The second kappa shape index (κ2) is 5.27. The molecule has 21 heavy (non-hydrogen) atoms. The summed E-state index contributed by atoms with van der Waals surface area (Å²) in [5.41, 5.74) is 6.83. The van der Waals surface area contributed by atoms with Crippen molar-refractivity contribution in [2.75, 3.05) is 25.9 Å². The summed E-state index contributed by atoms with van der Waals surface area (Å²) in [5.74, 6) is 0.488. The molecule has 2 aliphatic heterocycles. The molecule has 1 aromatic rings. The van der Waals surface area contributed by atoms with Crippen molar-refractivity contribution < 1.29 is 14.3 Å². The molecule has 2 atom stereocenters. The van der Waals surface area contributed by atoms with Crippen LogP contribution < -0.4 is 15.8 Å². The normalized spacial score (nSPS) is 24.4. The van der Waals surface area contributed by atoms with Crippen molar-refractivity contribution in [1.82, 2.24) is 10.2 Å². The van der Waals surface area contributed by atoms with Gasteiger partial charge < -0.3 is 20.7 Å². The largest absolute Gasteiger partial charge is 0.497 e. The summed E-state index contributed by atoms with van der Waals surface area (Å²) in [6.07, 6.45) is 1.69. The number of anilines is 1. The molecule has 3 rings (SSSR count). The minimum absolute atomic E-state index is 0.0553. The molecule has 2 saturated heterocycles. The molecule has 0 saturated carbocycles. The quantitative estimate of drug-likeness (QED) is 0.782. The average Bonchev–Trinajstić information content (AvgIpc) is 2.88. The van der Waals surface area contributed by atoms with Gasteiger partial charge in [-0.15, -0.1) is 0 Å². The molecule has 1 aromatic carbocycles. The molecule has 0 radical (unpaired) electrons. The van der Waals surface area contributed by atoms with Crippen molar-refractivity contribution in [1.29, 1.82) is 0 Å². The molecule has 3 N–H and O–H groups in total. The summed E-state index contributed by atoms with van der Waals surface area (Å²) in [4.78, 5) is 26.3. The van der Waals surface area contributed by atoms with E-state index < -0.39 is 0 Å². The Morgan fingerprint density at radius 3 is 3.00 bits per heavy atom. The van der Waals surface area contributed by atoms with E-state index in [2.05, 4.69) is 5.32 Å². The number of nitrogens with two attached hydrogens (primary N) is 1. The number of nitrogen functional groups attached to an aromatic ring is 1. The van der Waals surface area contributed by atoms with Crippen LogP contribution in [0.3, 0.4) is 0 Å². The first-order chi connectivity index (χ1) is 10.1. The second-order valence-corrected chi connectivity index (χ2v) is 5.51. The van der Waals surface area contributed by atoms with E-state index in [1.54, 1.807) is 30.2 Å². The third kappa shape index (κ3) is 2.30. The lowest BCUT2D eigenvalue weighted by molar-refractivity contribution is -0.123. The lowest BCUT2D eigenvalue weighted by atomic mass is 9.91. The Kier molecular flexibility index (Phi) is 3.45. The van der Waals surface area contributed by atoms with Gasteiger partial charge in [-0.25, -0.2) is 0 Å². The van der Waals surface area contributed by atoms with Crippen molar-refractivity contribution in [3.63, 3.8) is 0 Å². The van der Waals surface area contributed by atoms with E-state index >= 15 is 0 Å². The first-order valence-corrected chi connectivity index (χ1v) is 7.14. The van der Waals surface area contributed by atoms with E-state index in [4.69, 9.17) is 10.5 Å². The number of nitrogens with one attached hydrogen (secondary N) is 1. The molecule has 112 valence electrons. The molecule has 2 aliphatic rings. The second-order valence-electron chi connectivity index (χ2n) is 5.51. The zero-order valence-corrected chi connectivity index (χ0v) is 12.0. The fourth-order valence-electron chi connectivity index (χ4n) is 3.22. The molecule has 2 heterocycles. The number of piperidine rings is 1. The van der Waals surface area contributed by atoms with Crippen LogP contribution in [0.25, 0.3) is 0 Å². The number of hydrogen-bond acceptors (Lipinski definition) is 4. The summed E-state index contributed by atoms with van der Waals surface area (Å²) in [5, 5.41) is 2.85. The highest BCUT2D eigenvalue weighted by atomic mass is 16.5. The van der Waals surface area contributed by atoms with Gasteiger partial charge in [-0.2, -0.15) is 0 Å². The van der Waals surface area contributed by atoms with E-state index in [1.165, 1.54) is 0 Å². The number of benzene rings is 1. The van der Waals surface area contributed by atoms with Gasteiger partial charge in [0.25, 0.3) is 5.91 Å². The van der Waals surface area contributed by atoms with Crippen LogP contribution >= 0.6 is 0 Å². The number of likely N-dealkylation sites (tertiary alicyclic amines) is 1. The summed E-state index contributed by atoms with van der Waals surface area (Å²) in [6.45, 7) is 1.20. The van der Waals surface area contributed by atoms with Gasteiger partial charge in [0.1, 0.15) is 5.75 Å². The molecule has 6 nitrogen and oxygen atoms in total. The monoisotopic (exact) mass is 289 g/mol. The van der Waals surface area contributed by atoms with Crippen LogP contribution in [0, 0.1) is 5.92 Å². The van der Waals surface area contributed by atoms with Gasteiger partial charge >= 0.3 is 0 Å². The van der Waals surface area contributed by atoms with Gasteiger partial charge in [0.05, 0.1) is 24.6 Å². The highest BCUT2D eigenvalue weighted by Crippen LogP contribution is 2.30. The van der Waals surface area contributed by atoms with E-state index in [-0.39, 0.29) is 23.8 Å². The van der Waals surface area contributed by atoms with Gasteiger partial charge in [0.2, 0.25) is 5.91 Å². The van der Waals surface area contributed by atoms with Crippen LogP contribution in [0.1, 0.15) is 23.2 Å². The molecule has 0 spiro atoms. The third-order valence-electron chi connectivity index (χ3n) is 4.35. The van der Waals surface area contributed by atoms with Crippen LogP contribution in [0.5, 0.6) is 5.75 Å². The van der Waals surface area contributed by atoms with Crippen molar-refractivity contribution in [3.05, 3.63) is 23.8 Å². The van der Waals surface area contributed by atoms with Crippen LogP contribution in [-0.4, -0.2) is 43.0 Å². The average molecular weight is 289 g/mol. The van der Waals surface area contributed by atoms with Crippen molar-refractivity contribution >= 4 is 17.5 Å². The number of rotatable bonds is 2. The maximum Gasteiger partial charge on any atom is 0.256 e. The Balaban J connectivity index is 1.86. The summed E-state index contributed by atoms with van der Waals surface area (Å²) >= 11 is 0. The fraction of sp³-hybridized carbons (Fsp3) is 0.467. The predicted molar refractivity (Wildman–Crippen MR) is 78.0 cm³/mol. The maximum atomic E-state index is 12.7. The Morgan fingerprint density at radius 2 is 2.29 bits per heavy atom. The zero-order chi connectivity index (χ0) is 15.0. The van der Waals surface area contributed by atoms with Gasteiger partial charge in [-0.1, -0.05) is 0 Å². The number of amides is 2. The van der Waals surface area contributed by atoms with Gasteiger partial charge in [0, 0.05) is 24.8 Å². The third-order valence-corrected chi connectivity index (χ3v) is 4.35. The summed E-state index contributed by atoms with van der Waals surface area (Å²) < 4.78 is 5.10. The van der Waals surface area contributed by atoms with E-state index in [0.717, 1.165) is 12.8 Å². The predicted octanol–water partition coefficient (Wildman–Crippen LogP) is 0.628. The lowest BCUT2D eigenvalue weighted by Gasteiger charge is -2.36. The first kappa shape index (κ1) is 13.7. The summed E-state index contributed by atoms with van der Waals surface area (Å²) in [6, 6.07) is 5.00. The van der Waals surface area contributed by atoms with Gasteiger partial charge in [0.15, 0.2) is 0 Å². The molecule has 0 aromatic heterocycles. The highest BCUT2D eigenvalue weighted by molar-refractivity contribution is 6.00. The fourth-order valence-corrected chi connectivity index (χ4v) is 3.22. The molecule has 2 unspecified atom stereocenters. The van der Waals surface area contributed by atoms with E-state index in [0.29, 0.717) is 30.1 Å². The molecule has 0 aliphatic carbocycles. The number of carbonyl (C=O) groups excluding carboxylic acids is 2. The lowest BCUT2D eigenvalue weighted by Crippen LogP contribution is -2.48. The van der Waals surface area contributed by atoms with E-state index in [9.17, 15) is 9.59 Å². The minimum Gasteiger partial charge on any atom is -0.497 e. The number of nitrogens with zero attached hydrogens (tertiary/aromatic N) is 1. The van der Waals surface area contributed by atoms with Gasteiger partial charge in [-0.05, 0) is 25.0 Å². The number of methoxy groups -OCH3 is 1. The molecular formula is C15H19N3O3. The van der Waals surface area contributed by atoms with Gasteiger partial charge in [-0.3, -0.25) is 9.59 Å². The van der Waals surface area contributed by atoms with Crippen LogP contribution in [0.4, 0.5) is 5.69 Å². The SMILES string of the molecule is COc1ccc(C(=O)N2CCCC3C(=O)NCC32)c(N)c1. The molecule has 0 bridgehead atoms.